The molecular weight excluding hydrogens is 360 g/mol. The van der Waals surface area contributed by atoms with Crippen LogP contribution in [0.25, 0.3) is 32.5 Å². The van der Waals surface area contributed by atoms with Crippen molar-refractivity contribution in [3.05, 3.63) is 41.5 Å². The zero-order valence-electron chi connectivity index (χ0n) is 15.2. The summed E-state index contributed by atoms with van der Waals surface area (Å²) >= 11 is 1.57. The van der Waals surface area contributed by atoms with E-state index in [-0.39, 0.29) is 5.92 Å². The Balaban J connectivity index is 1.46. The quantitative estimate of drug-likeness (QED) is 0.584. The van der Waals surface area contributed by atoms with Crippen molar-refractivity contribution in [1.29, 1.82) is 0 Å². The molecule has 6 nitrogen and oxygen atoms in total. The van der Waals surface area contributed by atoms with Gasteiger partial charge < -0.3 is 9.84 Å². The van der Waals surface area contributed by atoms with Crippen molar-refractivity contribution in [2.45, 2.75) is 25.0 Å². The van der Waals surface area contributed by atoms with Gasteiger partial charge in [0, 0.05) is 47.8 Å². The fraction of sp³-hybridized carbons (Fsp3) is 0.350. The first kappa shape index (κ1) is 16.8. The number of hydrogen-bond acceptors (Lipinski definition) is 6. The molecule has 0 aromatic carbocycles. The van der Waals surface area contributed by atoms with Crippen LogP contribution in [0, 0.1) is 5.92 Å². The van der Waals surface area contributed by atoms with Crippen LogP contribution in [0.2, 0.25) is 0 Å². The fourth-order valence-electron chi connectivity index (χ4n) is 3.71. The molecule has 0 aliphatic heterocycles. The third kappa shape index (κ3) is 2.92. The molecule has 0 spiro atoms. The Bertz CT molecular complexity index is 1130. The number of fused-ring (bicyclic) bond motifs is 2. The molecule has 1 atom stereocenters. The van der Waals surface area contributed by atoms with Crippen LogP contribution in [0.15, 0.2) is 36.7 Å². The van der Waals surface area contributed by atoms with Crippen LogP contribution >= 0.6 is 11.3 Å². The van der Waals surface area contributed by atoms with Crippen molar-refractivity contribution < 1.29 is 9.84 Å². The molecular formula is C20H20N4O2S. The van der Waals surface area contributed by atoms with Crippen molar-refractivity contribution in [3.8, 4) is 11.3 Å². The van der Waals surface area contributed by atoms with Gasteiger partial charge in [0.1, 0.15) is 4.83 Å². The smallest absolute Gasteiger partial charge is 0.181 e. The molecule has 1 N–H and O–H groups in total. The Morgan fingerprint density at radius 1 is 1.26 bits per heavy atom. The maximum Gasteiger partial charge on any atom is 0.181 e. The normalized spacial score (nSPS) is 20.9. The number of aromatic nitrogens is 4. The van der Waals surface area contributed by atoms with E-state index in [1.54, 1.807) is 23.1 Å². The number of rotatable bonds is 4. The first-order valence-electron chi connectivity index (χ1n) is 9.02. The molecule has 4 heterocycles. The van der Waals surface area contributed by atoms with Gasteiger partial charge in [-0.15, -0.1) is 11.3 Å². The van der Waals surface area contributed by atoms with Crippen molar-refractivity contribution in [2.75, 3.05) is 7.11 Å². The highest BCUT2D eigenvalue weighted by Gasteiger charge is 2.35. The number of aryl methyl sites for hydroxylation is 1. The van der Waals surface area contributed by atoms with Gasteiger partial charge in [-0.25, -0.2) is 9.97 Å². The van der Waals surface area contributed by atoms with Crippen LogP contribution in [0.5, 0.6) is 0 Å². The third-order valence-electron chi connectivity index (χ3n) is 5.37. The molecule has 7 heteroatoms. The maximum absolute atomic E-state index is 10.7. The minimum absolute atomic E-state index is 0.277. The van der Waals surface area contributed by atoms with Gasteiger partial charge in [0.25, 0.3) is 0 Å². The summed E-state index contributed by atoms with van der Waals surface area (Å²) in [5.74, 6) is 0.277. The molecule has 0 amide bonds. The van der Waals surface area contributed by atoms with Crippen LogP contribution in [0.3, 0.4) is 0 Å². The molecule has 1 fully saturated rings. The average molecular weight is 380 g/mol. The molecule has 1 aliphatic carbocycles. The van der Waals surface area contributed by atoms with E-state index in [1.165, 1.54) is 0 Å². The molecule has 1 unspecified atom stereocenters. The molecule has 4 aromatic heterocycles. The van der Waals surface area contributed by atoms with Crippen LogP contribution in [0.4, 0.5) is 0 Å². The molecule has 1 aliphatic rings. The Kier molecular flexibility index (Phi) is 3.96. The van der Waals surface area contributed by atoms with E-state index in [4.69, 9.17) is 9.72 Å². The summed E-state index contributed by atoms with van der Waals surface area (Å²) in [6, 6.07) is 8.20. The van der Waals surface area contributed by atoms with Crippen molar-refractivity contribution >= 4 is 32.6 Å². The lowest BCUT2D eigenvalue weighted by molar-refractivity contribution is -0.0501. The number of thiophene rings is 1. The summed E-state index contributed by atoms with van der Waals surface area (Å²) in [7, 11) is 3.62. The maximum atomic E-state index is 10.7. The lowest BCUT2D eigenvalue weighted by Gasteiger charge is -2.36. The molecule has 27 heavy (non-hydrogen) atoms. The summed E-state index contributed by atoms with van der Waals surface area (Å²) in [5.41, 5.74) is 2.58. The Labute approximate surface area is 160 Å². The van der Waals surface area contributed by atoms with Crippen LogP contribution in [-0.2, 0) is 11.8 Å². The van der Waals surface area contributed by atoms with E-state index in [2.05, 4.69) is 28.3 Å². The average Bonchev–Trinajstić information content (AvgIpc) is 3.21. The van der Waals surface area contributed by atoms with Gasteiger partial charge in [0.15, 0.2) is 5.65 Å². The molecule has 0 saturated heterocycles. The zero-order valence-corrected chi connectivity index (χ0v) is 16.0. The first-order valence-corrected chi connectivity index (χ1v) is 9.83. The number of aliphatic hydroxyl groups excluding tert-OH is 1. The van der Waals surface area contributed by atoms with E-state index in [9.17, 15) is 5.11 Å². The van der Waals surface area contributed by atoms with E-state index >= 15 is 0 Å². The van der Waals surface area contributed by atoms with Crippen molar-refractivity contribution in [2.24, 2.45) is 13.0 Å². The molecule has 0 bridgehead atoms. The first-order chi connectivity index (χ1) is 13.1. The minimum Gasteiger partial charge on any atom is -0.387 e. The second kappa shape index (κ2) is 6.37. The SMILES string of the molecule is COC1CC(C(O)c2cc3ccc(-c4cnc5nn(C)cc5c4)nc3s2)C1. The molecule has 5 rings (SSSR count). The summed E-state index contributed by atoms with van der Waals surface area (Å²) in [6.07, 6.45) is 5.45. The minimum atomic E-state index is -0.438. The lowest BCUT2D eigenvalue weighted by atomic mass is 9.78. The van der Waals surface area contributed by atoms with Crippen molar-refractivity contribution in [3.63, 3.8) is 0 Å². The van der Waals surface area contributed by atoms with Gasteiger partial charge >= 0.3 is 0 Å². The second-order valence-corrected chi connectivity index (χ2v) is 8.28. The Morgan fingerprint density at radius 3 is 2.93 bits per heavy atom. The summed E-state index contributed by atoms with van der Waals surface area (Å²) in [5, 5.41) is 17.0. The Hall–Kier alpha value is -2.35. The molecule has 1 saturated carbocycles. The largest absolute Gasteiger partial charge is 0.387 e. The monoisotopic (exact) mass is 380 g/mol. The highest BCUT2D eigenvalue weighted by Crippen LogP contribution is 2.42. The summed E-state index contributed by atoms with van der Waals surface area (Å²) in [6.45, 7) is 0. The predicted molar refractivity (Wildman–Crippen MR) is 106 cm³/mol. The number of ether oxygens (including phenoxy) is 1. The van der Waals surface area contributed by atoms with Gasteiger partial charge in [0.2, 0.25) is 0 Å². The number of hydrogen-bond donors (Lipinski definition) is 1. The number of nitrogens with zero attached hydrogens (tertiary/aromatic N) is 4. The highest BCUT2D eigenvalue weighted by atomic mass is 32.1. The highest BCUT2D eigenvalue weighted by molar-refractivity contribution is 7.18. The molecule has 138 valence electrons. The van der Waals surface area contributed by atoms with E-state index in [1.807, 2.05) is 25.5 Å². The van der Waals surface area contributed by atoms with E-state index in [0.29, 0.717) is 6.10 Å². The van der Waals surface area contributed by atoms with Gasteiger partial charge in [-0.3, -0.25) is 4.68 Å². The van der Waals surface area contributed by atoms with E-state index < -0.39 is 6.10 Å². The Morgan fingerprint density at radius 2 is 2.11 bits per heavy atom. The van der Waals surface area contributed by atoms with Crippen LogP contribution in [0.1, 0.15) is 23.8 Å². The lowest BCUT2D eigenvalue weighted by Crippen LogP contribution is -2.34. The number of methoxy groups -OCH3 is 1. The summed E-state index contributed by atoms with van der Waals surface area (Å²) in [4.78, 5) is 11.2. The second-order valence-electron chi connectivity index (χ2n) is 7.21. The van der Waals surface area contributed by atoms with Gasteiger partial charge in [-0.2, -0.15) is 5.10 Å². The van der Waals surface area contributed by atoms with Crippen LogP contribution in [-0.4, -0.2) is 38.1 Å². The van der Waals surface area contributed by atoms with Gasteiger partial charge in [0.05, 0.1) is 17.9 Å². The zero-order chi connectivity index (χ0) is 18.5. The standard InChI is InChI=1S/C20H20N4O2S/c1-24-10-14-5-13(9-21-19(14)23-24)16-4-3-11-8-17(27-20(11)22-16)18(25)12-6-15(7-12)26-2/h3-5,8-10,12,15,18,25H,6-7H2,1-2H3. The predicted octanol–water partition coefficient (Wildman–Crippen LogP) is 3.70. The number of aliphatic hydroxyl groups is 1. The van der Waals surface area contributed by atoms with Crippen molar-refractivity contribution in [1.82, 2.24) is 19.7 Å². The summed E-state index contributed by atoms with van der Waals surface area (Å²) < 4.78 is 7.09. The van der Waals surface area contributed by atoms with E-state index in [0.717, 1.165) is 50.2 Å². The van der Waals surface area contributed by atoms with Crippen LogP contribution < -0.4 is 0 Å². The fourth-order valence-corrected chi connectivity index (χ4v) is 4.82. The molecule has 4 aromatic rings. The molecule has 0 radical (unpaired) electrons. The topological polar surface area (TPSA) is 73.1 Å². The van der Waals surface area contributed by atoms with Gasteiger partial charge in [-0.05, 0) is 43.0 Å². The number of pyridine rings is 2. The van der Waals surface area contributed by atoms with Gasteiger partial charge in [-0.1, -0.05) is 0 Å². The third-order valence-corrected chi connectivity index (χ3v) is 6.49.